The maximum absolute atomic E-state index is 12.8. The first kappa shape index (κ1) is 18.9. The van der Waals surface area contributed by atoms with Gasteiger partial charge in [-0.2, -0.15) is 4.98 Å². The van der Waals surface area contributed by atoms with Crippen LogP contribution in [0.3, 0.4) is 0 Å². The fourth-order valence-corrected chi connectivity index (χ4v) is 4.47. The van der Waals surface area contributed by atoms with Crippen molar-refractivity contribution in [1.82, 2.24) is 19.5 Å². The number of benzene rings is 1. The van der Waals surface area contributed by atoms with Gasteiger partial charge in [0.1, 0.15) is 11.5 Å². The monoisotopic (exact) mass is 461 g/mol. The average Bonchev–Trinajstić information content (AvgIpc) is 3.30. The Labute approximate surface area is 182 Å². The van der Waals surface area contributed by atoms with Crippen LogP contribution in [0, 0.1) is 0 Å². The normalized spacial score (nSPS) is 14.3. The summed E-state index contributed by atoms with van der Waals surface area (Å²) in [5.41, 5.74) is 2.78. The molecule has 0 radical (unpaired) electrons. The highest BCUT2D eigenvalue weighted by molar-refractivity contribution is 9.10. The molecule has 1 fully saturated rings. The second-order valence-corrected chi connectivity index (χ2v) is 8.36. The molecule has 30 heavy (non-hydrogen) atoms. The Kier molecular flexibility index (Phi) is 5.04. The van der Waals surface area contributed by atoms with E-state index in [1.807, 2.05) is 41.1 Å². The van der Waals surface area contributed by atoms with E-state index in [9.17, 15) is 4.79 Å². The highest BCUT2D eigenvalue weighted by Crippen LogP contribution is 2.31. The maximum Gasteiger partial charge on any atom is 0.266 e. The number of hydrogen-bond acceptors (Lipinski definition) is 5. The maximum atomic E-state index is 12.8. The number of fused-ring (bicyclic) bond motifs is 1. The Morgan fingerprint density at radius 1 is 0.967 bits per heavy atom. The van der Waals surface area contributed by atoms with E-state index in [-0.39, 0.29) is 11.6 Å². The Bertz CT molecular complexity index is 1250. The van der Waals surface area contributed by atoms with Crippen LogP contribution in [0.2, 0.25) is 0 Å². The summed E-state index contributed by atoms with van der Waals surface area (Å²) in [6.07, 6.45) is 7.85. The molecule has 7 heteroatoms. The fourth-order valence-electron chi connectivity index (χ4n) is 4.03. The SMILES string of the molecule is O=c1c(Br)cc2cnc(Nc3ccc(-c4ccccc4)cn3)nc2n1C1CCCC1. The van der Waals surface area contributed by atoms with Crippen LogP contribution in [0.5, 0.6) is 0 Å². The van der Waals surface area contributed by atoms with E-state index in [4.69, 9.17) is 0 Å². The van der Waals surface area contributed by atoms with Crippen molar-refractivity contribution in [3.05, 3.63) is 75.8 Å². The summed E-state index contributed by atoms with van der Waals surface area (Å²) in [6.45, 7) is 0. The number of pyridine rings is 2. The predicted octanol–water partition coefficient (Wildman–Crippen LogP) is 5.47. The largest absolute Gasteiger partial charge is 0.309 e. The van der Waals surface area contributed by atoms with Gasteiger partial charge in [0, 0.05) is 29.4 Å². The summed E-state index contributed by atoms with van der Waals surface area (Å²) in [4.78, 5) is 26.4. The molecule has 0 atom stereocenters. The third-order valence-corrected chi connectivity index (χ3v) is 6.10. The summed E-state index contributed by atoms with van der Waals surface area (Å²) in [5, 5.41) is 4.01. The molecule has 150 valence electrons. The first-order valence-corrected chi connectivity index (χ1v) is 10.8. The molecule has 0 unspecified atom stereocenters. The van der Waals surface area contributed by atoms with E-state index in [0.29, 0.717) is 21.9 Å². The smallest absolute Gasteiger partial charge is 0.266 e. The lowest BCUT2D eigenvalue weighted by atomic mass is 10.1. The number of hydrogen-bond donors (Lipinski definition) is 1. The first-order valence-electron chi connectivity index (χ1n) is 10.1. The zero-order valence-electron chi connectivity index (χ0n) is 16.3. The molecule has 0 amide bonds. The topological polar surface area (TPSA) is 72.7 Å². The van der Waals surface area contributed by atoms with Crippen molar-refractivity contribution in [3.63, 3.8) is 0 Å². The molecule has 1 aromatic carbocycles. The molecule has 1 saturated carbocycles. The van der Waals surface area contributed by atoms with E-state index in [2.05, 4.69) is 48.3 Å². The molecule has 4 aromatic rings. The van der Waals surface area contributed by atoms with Gasteiger partial charge in [-0.3, -0.25) is 9.36 Å². The van der Waals surface area contributed by atoms with Crippen LogP contribution in [0.1, 0.15) is 31.7 Å². The van der Waals surface area contributed by atoms with E-state index in [1.165, 1.54) is 0 Å². The molecule has 6 nitrogen and oxygen atoms in total. The van der Waals surface area contributed by atoms with Gasteiger partial charge >= 0.3 is 0 Å². The zero-order chi connectivity index (χ0) is 20.5. The van der Waals surface area contributed by atoms with Crippen LogP contribution < -0.4 is 10.9 Å². The first-order chi connectivity index (χ1) is 14.7. The van der Waals surface area contributed by atoms with Crippen molar-refractivity contribution in [3.8, 4) is 11.1 Å². The second-order valence-electron chi connectivity index (χ2n) is 7.50. The Morgan fingerprint density at radius 3 is 2.50 bits per heavy atom. The van der Waals surface area contributed by atoms with Crippen LogP contribution in [0.25, 0.3) is 22.2 Å². The van der Waals surface area contributed by atoms with Crippen molar-refractivity contribution in [2.75, 3.05) is 5.32 Å². The molecular formula is C23H20BrN5O. The molecule has 0 bridgehead atoms. The van der Waals surface area contributed by atoms with Crippen molar-refractivity contribution in [1.29, 1.82) is 0 Å². The van der Waals surface area contributed by atoms with E-state index in [0.717, 1.165) is 42.2 Å². The zero-order valence-corrected chi connectivity index (χ0v) is 17.8. The summed E-state index contributed by atoms with van der Waals surface area (Å²) in [5.74, 6) is 1.08. The Hall–Kier alpha value is -3.06. The highest BCUT2D eigenvalue weighted by atomic mass is 79.9. The van der Waals surface area contributed by atoms with Gasteiger partial charge in [-0.25, -0.2) is 9.97 Å². The number of nitrogens with zero attached hydrogens (tertiary/aromatic N) is 4. The van der Waals surface area contributed by atoms with Crippen LogP contribution >= 0.6 is 15.9 Å². The molecule has 1 aliphatic carbocycles. The van der Waals surface area contributed by atoms with E-state index >= 15 is 0 Å². The molecule has 3 heterocycles. The number of nitrogens with one attached hydrogen (secondary N) is 1. The van der Waals surface area contributed by atoms with Gasteiger partial charge in [0.2, 0.25) is 5.95 Å². The molecule has 1 aliphatic rings. The fraction of sp³-hybridized carbons (Fsp3) is 0.217. The number of anilines is 2. The van der Waals surface area contributed by atoms with Gasteiger partial charge in [0.15, 0.2) is 0 Å². The van der Waals surface area contributed by atoms with Crippen LogP contribution in [-0.2, 0) is 0 Å². The molecule has 0 saturated heterocycles. The van der Waals surface area contributed by atoms with Gasteiger partial charge in [0.05, 0.1) is 4.47 Å². The summed E-state index contributed by atoms with van der Waals surface area (Å²) >= 11 is 3.40. The van der Waals surface area contributed by atoms with Gasteiger partial charge < -0.3 is 5.32 Å². The van der Waals surface area contributed by atoms with Gasteiger partial charge in [-0.15, -0.1) is 0 Å². The predicted molar refractivity (Wildman–Crippen MR) is 122 cm³/mol. The minimum atomic E-state index is -0.0376. The van der Waals surface area contributed by atoms with Crippen LogP contribution in [0.4, 0.5) is 11.8 Å². The standard InChI is InChI=1S/C23H20BrN5O/c24-19-12-17-14-26-23(28-21(17)29(22(19)30)18-8-4-5-9-18)27-20-11-10-16(13-25-20)15-6-2-1-3-7-15/h1-3,6-7,10-14,18H,4-5,8-9H2,(H,25,26,27,28). The minimum absolute atomic E-state index is 0.0376. The molecule has 3 aromatic heterocycles. The van der Waals surface area contributed by atoms with Crippen molar-refractivity contribution in [2.24, 2.45) is 0 Å². The van der Waals surface area contributed by atoms with E-state index < -0.39 is 0 Å². The lowest BCUT2D eigenvalue weighted by Gasteiger charge is -2.17. The van der Waals surface area contributed by atoms with Gasteiger partial charge in [-0.1, -0.05) is 43.2 Å². The van der Waals surface area contributed by atoms with Gasteiger partial charge in [-0.05, 0) is 52.5 Å². The van der Waals surface area contributed by atoms with Crippen molar-refractivity contribution < 1.29 is 0 Å². The van der Waals surface area contributed by atoms with E-state index in [1.54, 1.807) is 12.3 Å². The lowest BCUT2D eigenvalue weighted by Crippen LogP contribution is -2.25. The number of aromatic nitrogens is 4. The average molecular weight is 462 g/mol. The summed E-state index contributed by atoms with van der Waals surface area (Å²) in [7, 11) is 0. The van der Waals surface area contributed by atoms with Crippen molar-refractivity contribution >= 4 is 38.7 Å². The third-order valence-electron chi connectivity index (χ3n) is 5.53. The number of halogens is 1. The third kappa shape index (κ3) is 3.61. The lowest BCUT2D eigenvalue weighted by molar-refractivity contribution is 0.514. The molecular weight excluding hydrogens is 442 g/mol. The molecule has 5 rings (SSSR count). The Morgan fingerprint density at radius 2 is 1.77 bits per heavy atom. The van der Waals surface area contributed by atoms with Crippen molar-refractivity contribution in [2.45, 2.75) is 31.7 Å². The molecule has 0 aliphatic heterocycles. The molecule has 0 spiro atoms. The van der Waals surface area contributed by atoms with Gasteiger partial charge in [0.25, 0.3) is 5.56 Å². The summed E-state index contributed by atoms with van der Waals surface area (Å²) < 4.78 is 2.37. The Balaban J connectivity index is 1.48. The quantitative estimate of drug-likeness (QED) is 0.435. The minimum Gasteiger partial charge on any atom is -0.309 e. The highest BCUT2D eigenvalue weighted by Gasteiger charge is 2.22. The van der Waals surface area contributed by atoms with Crippen LogP contribution in [0.15, 0.2) is 70.2 Å². The molecule has 1 N–H and O–H groups in total. The summed E-state index contributed by atoms with van der Waals surface area (Å²) in [6, 6.07) is 16.0. The van der Waals surface area contributed by atoms with Crippen LogP contribution in [-0.4, -0.2) is 19.5 Å². The number of rotatable bonds is 4. The second kappa shape index (κ2) is 7.99.